The van der Waals surface area contributed by atoms with Crippen molar-refractivity contribution in [1.82, 2.24) is 0 Å². The normalized spacial score (nSPS) is 14.9. The van der Waals surface area contributed by atoms with E-state index in [-0.39, 0.29) is 4.83 Å². The lowest BCUT2D eigenvalue weighted by Crippen LogP contribution is -1.99. The van der Waals surface area contributed by atoms with E-state index in [1.807, 2.05) is 12.1 Å². The zero-order valence-corrected chi connectivity index (χ0v) is 15.6. The fraction of sp³-hybridized carbons (Fsp3) is 0.294. The van der Waals surface area contributed by atoms with E-state index in [0.29, 0.717) is 5.02 Å². The molecular weight excluding hydrogens is 415 g/mol. The molecule has 2 aromatic rings. The van der Waals surface area contributed by atoms with Gasteiger partial charge < -0.3 is 4.74 Å². The molecule has 0 saturated carbocycles. The van der Waals surface area contributed by atoms with Gasteiger partial charge in [0.05, 0.1) is 16.4 Å². The average molecular weight is 431 g/mol. The van der Waals surface area contributed by atoms with Crippen molar-refractivity contribution in [2.75, 3.05) is 7.11 Å². The molecule has 0 aromatic heterocycles. The molecule has 0 radical (unpaired) electrons. The van der Waals surface area contributed by atoms with Gasteiger partial charge in [0, 0.05) is 10.6 Å². The van der Waals surface area contributed by atoms with Gasteiger partial charge in [-0.05, 0) is 64.0 Å². The fourth-order valence-electron chi connectivity index (χ4n) is 2.91. The summed E-state index contributed by atoms with van der Waals surface area (Å²) in [5, 5.41) is 0.697. The fourth-order valence-corrected chi connectivity index (χ4v) is 4.53. The molecule has 1 unspecified atom stereocenters. The van der Waals surface area contributed by atoms with Gasteiger partial charge in [-0.3, -0.25) is 0 Å². The molecular formula is C17H15Br2ClO. The summed E-state index contributed by atoms with van der Waals surface area (Å²) in [6, 6.07) is 10.6. The smallest absolute Gasteiger partial charge is 0.137 e. The molecule has 1 aliphatic rings. The van der Waals surface area contributed by atoms with Crippen LogP contribution in [-0.4, -0.2) is 7.11 Å². The molecule has 110 valence electrons. The van der Waals surface area contributed by atoms with E-state index in [0.717, 1.165) is 15.8 Å². The molecule has 2 aromatic carbocycles. The molecule has 0 amide bonds. The van der Waals surface area contributed by atoms with Gasteiger partial charge in [0.25, 0.3) is 0 Å². The van der Waals surface area contributed by atoms with Gasteiger partial charge in [-0.15, -0.1) is 0 Å². The summed E-state index contributed by atoms with van der Waals surface area (Å²) in [4.78, 5) is 0.0633. The summed E-state index contributed by atoms with van der Waals surface area (Å²) in [5.41, 5.74) is 5.23. The van der Waals surface area contributed by atoms with Crippen molar-refractivity contribution in [2.45, 2.75) is 24.1 Å². The van der Waals surface area contributed by atoms with Crippen molar-refractivity contribution in [2.24, 2.45) is 0 Å². The van der Waals surface area contributed by atoms with Gasteiger partial charge in [0.2, 0.25) is 0 Å². The summed E-state index contributed by atoms with van der Waals surface area (Å²) in [5.74, 6) is 0.821. The molecule has 1 nitrogen and oxygen atoms in total. The number of hydrogen-bond donors (Lipinski definition) is 0. The quantitative estimate of drug-likeness (QED) is 0.536. The number of ether oxygens (including phenoxy) is 1. The van der Waals surface area contributed by atoms with Crippen LogP contribution >= 0.6 is 43.5 Å². The van der Waals surface area contributed by atoms with Crippen LogP contribution in [0.2, 0.25) is 5.02 Å². The Morgan fingerprint density at radius 2 is 1.90 bits per heavy atom. The third-order valence-corrected chi connectivity index (χ3v) is 5.76. The first-order valence-electron chi connectivity index (χ1n) is 6.89. The zero-order valence-electron chi connectivity index (χ0n) is 11.6. The van der Waals surface area contributed by atoms with E-state index >= 15 is 0 Å². The highest BCUT2D eigenvalue weighted by Crippen LogP contribution is 2.42. The van der Waals surface area contributed by atoms with Crippen LogP contribution in [0.1, 0.15) is 33.5 Å². The molecule has 0 heterocycles. The van der Waals surface area contributed by atoms with Gasteiger partial charge >= 0.3 is 0 Å². The standard InChI is InChI=1S/C17H15Br2ClO/c1-21-17-14(8-13(20)9-15(17)18)16(19)12-6-5-10-3-2-4-11(10)7-12/h5-9,16H,2-4H2,1H3. The molecule has 3 rings (SSSR count). The second-order valence-corrected chi connectivity index (χ2v) is 7.46. The van der Waals surface area contributed by atoms with Crippen LogP contribution < -0.4 is 4.74 Å². The van der Waals surface area contributed by atoms with Crippen LogP contribution in [0.25, 0.3) is 0 Å². The highest BCUT2D eigenvalue weighted by Gasteiger charge is 2.20. The highest BCUT2D eigenvalue weighted by molar-refractivity contribution is 9.10. The number of benzene rings is 2. The third kappa shape index (κ3) is 3.01. The predicted molar refractivity (Wildman–Crippen MR) is 94.9 cm³/mol. The van der Waals surface area contributed by atoms with Crippen molar-refractivity contribution in [3.05, 3.63) is 62.1 Å². The number of alkyl halides is 1. The predicted octanol–water partition coefficient (Wildman–Crippen LogP) is 6.08. The maximum absolute atomic E-state index is 6.20. The second kappa shape index (κ2) is 6.31. The van der Waals surface area contributed by atoms with Crippen LogP contribution in [0.4, 0.5) is 0 Å². The monoisotopic (exact) mass is 428 g/mol. The summed E-state index contributed by atoms with van der Waals surface area (Å²) < 4.78 is 6.40. The maximum atomic E-state index is 6.20. The van der Waals surface area contributed by atoms with Gasteiger partial charge in [0.1, 0.15) is 5.75 Å². The first kappa shape index (κ1) is 15.4. The van der Waals surface area contributed by atoms with Crippen molar-refractivity contribution < 1.29 is 4.74 Å². The lowest BCUT2D eigenvalue weighted by Gasteiger charge is -2.17. The lowest BCUT2D eigenvalue weighted by molar-refractivity contribution is 0.408. The Bertz CT molecular complexity index is 685. The highest BCUT2D eigenvalue weighted by atomic mass is 79.9. The SMILES string of the molecule is COc1c(Br)cc(Cl)cc1C(Br)c1ccc2c(c1)CCC2. The van der Waals surface area contributed by atoms with Gasteiger partial charge in [-0.25, -0.2) is 0 Å². The number of fused-ring (bicyclic) bond motifs is 1. The first-order valence-corrected chi connectivity index (χ1v) is 8.97. The largest absolute Gasteiger partial charge is 0.495 e. The van der Waals surface area contributed by atoms with E-state index in [4.69, 9.17) is 16.3 Å². The maximum Gasteiger partial charge on any atom is 0.137 e. The van der Waals surface area contributed by atoms with E-state index in [1.54, 1.807) is 7.11 Å². The van der Waals surface area contributed by atoms with Crippen molar-refractivity contribution in [3.8, 4) is 5.75 Å². The van der Waals surface area contributed by atoms with Gasteiger partial charge in [-0.2, -0.15) is 0 Å². The van der Waals surface area contributed by atoms with Crippen LogP contribution in [0.5, 0.6) is 5.75 Å². The number of methoxy groups -OCH3 is 1. The van der Waals surface area contributed by atoms with Crippen LogP contribution in [0.3, 0.4) is 0 Å². The van der Waals surface area contributed by atoms with Crippen LogP contribution in [0.15, 0.2) is 34.8 Å². The molecule has 0 N–H and O–H groups in total. The minimum atomic E-state index is 0.0633. The molecule has 0 saturated heterocycles. The van der Waals surface area contributed by atoms with Crippen molar-refractivity contribution >= 4 is 43.5 Å². The summed E-state index contributed by atoms with van der Waals surface area (Å²) in [6.07, 6.45) is 3.64. The average Bonchev–Trinajstić information content (AvgIpc) is 2.93. The Balaban J connectivity index is 2.04. The van der Waals surface area contributed by atoms with Gasteiger partial charge in [0.15, 0.2) is 0 Å². The minimum Gasteiger partial charge on any atom is -0.495 e. The summed E-state index contributed by atoms with van der Waals surface area (Å²) >= 11 is 13.5. The summed E-state index contributed by atoms with van der Waals surface area (Å²) in [6.45, 7) is 0. The van der Waals surface area contributed by atoms with E-state index < -0.39 is 0 Å². The minimum absolute atomic E-state index is 0.0633. The Kier molecular flexibility index (Phi) is 4.63. The number of rotatable bonds is 3. The van der Waals surface area contributed by atoms with Crippen LogP contribution in [0, 0.1) is 0 Å². The first-order chi connectivity index (χ1) is 10.1. The lowest BCUT2D eigenvalue weighted by atomic mass is 10.00. The molecule has 4 heteroatoms. The molecule has 1 aliphatic carbocycles. The Morgan fingerprint density at radius 3 is 2.67 bits per heavy atom. The van der Waals surface area contributed by atoms with Crippen molar-refractivity contribution in [3.63, 3.8) is 0 Å². The third-order valence-electron chi connectivity index (χ3n) is 3.93. The van der Waals surface area contributed by atoms with Crippen LogP contribution in [-0.2, 0) is 12.8 Å². The molecule has 0 fully saturated rings. The zero-order chi connectivity index (χ0) is 15.0. The topological polar surface area (TPSA) is 9.23 Å². The number of halogens is 3. The number of hydrogen-bond acceptors (Lipinski definition) is 1. The Hall–Kier alpha value is -0.510. The number of aryl methyl sites for hydroxylation is 2. The van der Waals surface area contributed by atoms with E-state index in [9.17, 15) is 0 Å². The van der Waals surface area contributed by atoms with Gasteiger partial charge in [-0.1, -0.05) is 45.7 Å². The molecule has 21 heavy (non-hydrogen) atoms. The summed E-state index contributed by atoms with van der Waals surface area (Å²) in [7, 11) is 1.68. The van der Waals surface area contributed by atoms with Crippen molar-refractivity contribution in [1.29, 1.82) is 0 Å². The van der Waals surface area contributed by atoms with E-state index in [2.05, 4.69) is 50.1 Å². The van der Waals surface area contributed by atoms with E-state index in [1.165, 1.54) is 36.0 Å². The molecule has 1 atom stereocenters. The Labute approximate surface area is 146 Å². The molecule has 0 aliphatic heterocycles. The second-order valence-electron chi connectivity index (χ2n) is 5.25. The molecule has 0 bridgehead atoms. The Morgan fingerprint density at radius 1 is 1.14 bits per heavy atom. The molecule has 0 spiro atoms.